The van der Waals surface area contributed by atoms with Gasteiger partial charge in [0, 0.05) is 6.10 Å². The van der Waals surface area contributed by atoms with Gasteiger partial charge in [0.1, 0.15) is 6.08 Å². The van der Waals surface area contributed by atoms with Gasteiger partial charge in [-0.1, -0.05) is 6.92 Å². The molecule has 3 atom stereocenters. The Morgan fingerprint density at radius 1 is 1.55 bits per heavy atom. The molecule has 0 aromatic heterocycles. The molecule has 0 aromatic rings. The summed E-state index contributed by atoms with van der Waals surface area (Å²) in [5, 5.41) is 10.7. The lowest BCUT2D eigenvalue weighted by atomic mass is 9.86. The Bertz CT molecular complexity index is 191. The van der Waals surface area contributed by atoms with Crippen LogP contribution in [0.3, 0.4) is 0 Å². The van der Waals surface area contributed by atoms with Gasteiger partial charge in [0.05, 0.1) is 6.04 Å². The second-order valence-electron chi connectivity index (χ2n) is 3.54. The summed E-state index contributed by atoms with van der Waals surface area (Å²) in [6.45, 7) is 2.20. The Labute approximate surface area is 66.1 Å². The fourth-order valence-electron chi connectivity index (χ4n) is 1.88. The maximum atomic E-state index is 10.7. The van der Waals surface area contributed by atoms with Crippen LogP contribution < -0.4 is 5.11 Å². The molecule has 0 aromatic carbocycles. The molecule has 62 valence electrons. The van der Waals surface area contributed by atoms with E-state index in [1.54, 1.807) is 0 Å². The third-order valence-electron chi connectivity index (χ3n) is 2.54. The summed E-state index contributed by atoms with van der Waals surface area (Å²) in [4.78, 5) is 3.88. The van der Waals surface area contributed by atoms with Crippen molar-refractivity contribution < 1.29 is 9.84 Å². The quantitative estimate of drug-likeness (QED) is 0.503. The van der Waals surface area contributed by atoms with Gasteiger partial charge in [-0.05, 0) is 25.2 Å². The van der Waals surface area contributed by atoms with Crippen LogP contribution in [0, 0.1) is 5.92 Å². The Morgan fingerprint density at radius 3 is 3.18 bits per heavy atom. The fourth-order valence-corrected chi connectivity index (χ4v) is 1.88. The summed E-state index contributed by atoms with van der Waals surface area (Å²) in [7, 11) is 0. The van der Waals surface area contributed by atoms with E-state index in [0.29, 0.717) is 5.92 Å². The van der Waals surface area contributed by atoms with Crippen molar-refractivity contribution in [2.45, 2.75) is 38.3 Å². The Balaban J connectivity index is 2.03. The number of aliphatic imine (C=N–C) groups is 1. The number of ether oxygens (including phenoxy) is 1. The highest BCUT2D eigenvalue weighted by molar-refractivity contribution is 5.64. The van der Waals surface area contributed by atoms with Crippen LogP contribution in [0.5, 0.6) is 0 Å². The van der Waals surface area contributed by atoms with Crippen molar-refractivity contribution in [2.75, 3.05) is 0 Å². The fraction of sp³-hybridized carbons (Fsp3) is 0.875. The lowest BCUT2D eigenvalue weighted by molar-refractivity contribution is -0.250. The molecule has 3 unspecified atom stereocenters. The van der Waals surface area contributed by atoms with E-state index in [2.05, 4.69) is 11.9 Å². The molecule has 2 aliphatic rings. The van der Waals surface area contributed by atoms with E-state index in [0.717, 1.165) is 12.8 Å². The number of hydrogen-bond donors (Lipinski definition) is 0. The van der Waals surface area contributed by atoms with Crippen LogP contribution in [0.4, 0.5) is 0 Å². The molecule has 0 N–H and O–H groups in total. The van der Waals surface area contributed by atoms with Gasteiger partial charge < -0.3 is 9.84 Å². The SMILES string of the molecule is CC1CCC2N=C([O-])OC2C1. The van der Waals surface area contributed by atoms with Gasteiger partial charge in [-0.2, -0.15) is 0 Å². The standard InChI is InChI=1S/C8H13NO2/c1-5-2-3-6-7(4-5)11-8(10)9-6/h5-7H,2-4H2,1H3,(H,9,10)/p-1. The molecule has 3 nitrogen and oxygen atoms in total. The smallest absolute Gasteiger partial charge is 0.146 e. The largest absolute Gasteiger partial charge is 0.595 e. The van der Waals surface area contributed by atoms with Gasteiger partial charge in [-0.15, -0.1) is 0 Å². The molecule has 0 amide bonds. The van der Waals surface area contributed by atoms with Crippen LogP contribution in [0.2, 0.25) is 0 Å². The van der Waals surface area contributed by atoms with Gasteiger partial charge in [-0.3, -0.25) is 4.99 Å². The summed E-state index contributed by atoms with van der Waals surface area (Å²) >= 11 is 0. The van der Waals surface area contributed by atoms with Crippen molar-refractivity contribution in [3.05, 3.63) is 0 Å². The van der Waals surface area contributed by atoms with Gasteiger partial charge in [-0.25, -0.2) is 0 Å². The molecule has 1 fully saturated rings. The molecular weight excluding hydrogens is 142 g/mol. The third kappa shape index (κ3) is 1.19. The van der Waals surface area contributed by atoms with Crippen LogP contribution in [0.1, 0.15) is 26.2 Å². The van der Waals surface area contributed by atoms with E-state index in [1.165, 1.54) is 6.42 Å². The zero-order valence-corrected chi connectivity index (χ0v) is 6.62. The van der Waals surface area contributed by atoms with E-state index in [-0.39, 0.29) is 18.2 Å². The molecule has 1 saturated carbocycles. The van der Waals surface area contributed by atoms with Crippen molar-refractivity contribution in [1.82, 2.24) is 0 Å². The monoisotopic (exact) mass is 154 g/mol. The molecular formula is C8H12NO2-. The van der Waals surface area contributed by atoms with Gasteiger partial charge in [0.15, 0.2) is 0 Å². The zero-order chi connectivity index (χ0) is 7.84. The topological polar surface area (TPSA) is 44.7 Å². The zero-order valence-electron chi connectivity index (χ0n) is 6.62. The minimum atomic E-state index is -0.353. The normalized spacial score (nSPS) is 42.6. The minimum Gasteiger partial charge on any atom is -0.595 e. The van der Waals surface area contributed by atoms with Crippen molar-refractivity contribution in [1.29, 1.82) is 0 Å². The number of rotatable bonds is 0. The van der Waals surface area contributed by atoms with E-state index in [9.17, 15) is 5.11 Å². The highest BCUT2D eigenvalue weighted by atomic mass is 16.6. The molecule has 1 aliphatic carbocycles. The molecule has 3 heteroatoms. The average Bonchev–Trinajstić information content (AvgIpc) is 2.27. The first-order valence-electron chi connectivity index (χ1n) is 4.17. The average molecular weight is 154 g/mol. The second-order valence-corrected chi connectivity index (χ2v) is 3.54. The minimum absolute atomic E-state index is 0.103. The predicted molar refractivity (Wildman–Crippen MR) is 39.1 cm³/mol. The summed E-state index contributed by atoms with van der Waals surface area (Å²) in [5.74, 6) is 0.692. The first kappa shape index (κ1) is 6.95. The molecule has 0 spiro atoms. The first-order valence-corrected chi connectivity index (χ1v) is 4.17. The first-order chi connectivity index (χ1) is 5.25. The maximum absolute atomic E-state index is 10.7. The summed E-state index contributed by atoms with van der Waals surface area (Å²) < 4.78 is 5.03. The molecule has 1 aliphatic heterocycles. The lowest BCUT2D eigenvalue weighted by Gasteiger charge is -2.31. The Kier molecular flexibility index (Phi) is 1.51. The van der Waals surface area contributed by atoms with Crippen LogP contribution in [-0.4, -0.2) is 18.2 Å². The highest BCUT2D eigenvalue weighted by Crippen LogP contribution is 2.30. The highest BCUT2D eigenvalue weighted by Gasteiger charge is 2.29. The van der Waals surface area contributed by atoms with E-state index < -0.39 is 0 Å². The lowest BCUT2D eigenvalue weighted by Crippen LogP contribution is -2.31. The van der Waals surface area contributed by atoms with E-state index >= 15 is 0 Å². The van der Waals surface area contributed by atoms with Gasteiger partial charge in [0.25, 0.3) is 0 Å². The summed E-state index contributed by atoms with van der Waals surface area (Å²) in [6.07, 6.45) is 2.96. The third-order valence-corrected chi connectivity index (χ3v) is 2.54. The molecule has 2 rings (SSSR count). The molecule has 0 radical (unpaired) electrons. The molecule has 1 heterocycles. The van der Waals surface area contributed by atoms with Crippen molar-refractivity contribution >= 4 is 6.08 Å². The van der Waals surface area contributed by atoms with Gasteiger partial charge >= 0.3 is 0 Å². The molecule has 0 saturated heterocycles. The number of fused-ring (bicyclic) bond motifs is 1. The van der Waals surface area contributed by atoms with Crippen LogP contribution in [0.25, 0.3) is 0 Å². The van der Waals surface area contributed by atoms with E-state index in [4.69, 9.17) is 4.74 Å². The van der Waals surface area contributed by atoms with Crippen LogP contribution >= 0.6 is 0 Å². The van der Waals surface area contributed by atoms with Gasteiger partial charge in [0.2, 0.25) is 0 Å². The number of nitrogens with zero attached hydrogens (tertiary/aromatic N) is 1. The molecule has 11 heavy (non-hydrogen) atoms. The Hall–Kier alpha value is -0.730. The Morgan fingerprint density at radius 2 is 2.36 bits per heavy atom. The molecule has 0 bridgehead atoms. The van der Waals surface area contributed by atoms with Crippen LogP contribution in [0.15, 0.2) is 4.99 Å². The van der Waals surface area contributed by atoms with Crippen LogP contribution in [-0.2, 0) is 4.74 Å². The predicted octanol–water partition coefficient (Wildman–Crippen LogP) is 0.290. The van der Waals surface area contributed by atoms with E-state index in [1.807, 2.05) is 0 Å². The van der Waals surface area contributed by atoms with Crippen molar-refractivity contribution in [2.24, 2.45) is 10.9 Å². The van der Waals surface area contributed by atoms with Crippen molar-refractivity contribution in [3.8, 4) is 0 Å². The summed E-state index contributed by atoms with van der Waals surface area (Å²) in [6, 6.07) is 0.179. The maximum Gasteiger partial charge on any atom is 0.146 e. The second kappa shape index (κ2) is 2.40. The number of hydrogen-bond acceptors (Lipinski definition) is 3. The van der Waals surface area contributed by atoms with Crippen molar-refractivity contribution in [3.63, 3.8) is 0 Å². The summed E-state index contributed by atoms with van der Waals surface area (Å²) in [5.41, 5.74) is 0.